The molecule has 0 aliphatic heterocycles. The fourth-order valence-electron chi connectivity index (χ4n) is 1.07. The Balaban J connectivity index is 2.84. The maximum Gasteiger partial charge on any atom is 0.259 e. The molecule has 5 nitrogen and oxygen atoms in total. The van der Waals surface area contributed by atoms with Gasteiger partial charge in [-0.1, -0.05) is 5.92 Å². The molecule has 1 aromatic heterocycles. The van der Waals surface area contributed by atoms with Crippen molar-refractivity contribution in [1.29, 1.82) is 0 Å². The number of carbonyl (C=O) groups is 1. The van der Waals surface area contributed by atoms with Crippen molar-refractivity contribution in [3.05, 3.63) is 11.8 Å². The maximum absolute atomic E-state index is 11.7. The second-order valence-corrected chi connectivity index (χ2v) is 2.72. The van der Waals surface area contributed by atoms with Crippen molar-refractivity contribution in [3.63, 3.8) is 0 Å². The fourth-order valence-corrected chi connectivity index (χ4v) is 1.07. The summed E-state index contributed by atoms with van der Waals surface area (Å²) in [7, 11) is 0. The molecule has 5 heteroatoms. The highest BCUT2D eigenvalue weighted by molar-refractivity contribution is 5.98. The number of H-pyrrole nitrogens is 1. The van der Waals surface area contributed by atoms with Gasteiger partial charge in [-0.05, 0) is 6.92 Å². The van der Waals surface area contributed by atoms with Crippen molar-refractivity contribution in [3.8, 4) is 12.3 Å². The molecule has 0 aromatic carbocycles. The Bertz CT molecular complexity index is 363. The first-order chi connectivity index (χ1) is 6.70. The maximum atomic E-state index is 11.7. The summed E-state index contributed by atoms with van der Waals surface area (Å²) < 4.78 is 0. The second-order valence-electron chi connectivity index (χ2n) is 2.72. The Labute approximate surface area is 82.3 Å². The molecule has 0 atom stereocenters. The van der Waals surface area contributed by atoms with Crippen LogP contribution in [0.5, 0.6) is 0 Å². The highest BCUT2D eigenvalue weighted by atomic mass is 16.2. The molecule has 1 amide bonds. The van der Waals surface area contributed by atoms with Crippen LogP contribution in [0.4, 0.5) is 5.82 Å². The zero-order valence-electron chi connectivity index (χ0n) is 7.95. The number of carbonyl (C=O) groups excluding carboxylic acids is 1. The van der Waals surface area contributed by atoms with E-state index in [1.54, 1.807) is 0 Å². The predicted octanol–water partition coefficient (Wildman–Crippen LogP) is 0.0872. The average molecular weight is 192 g/mol. The van der Waals surface area contributed by atoms with Crippen LogP contribution in [0.2, 0.25) is 0 Å². The zero-order chi connectivity index (χ0) is 10.6. The molecule has 1 aromatic rings. The fraction of sp³-hybridized carbons (Fsp3) is 0.333. The topological polar surface area (TPSA) is 75.0 Å². The van der Waals surface area contributed by atoms with Crippen LogP contribution in [0.3, 0.4) is 0 Å². The van der Waals surface area contributed by atoms with E-state index < -0.39 is 0 Å². The summed E-state index contributed by atoms with van der Waals surface area (Å²) in [6, 6.07) is 0. The zero-order valence-corrected chi connectivity index (χ0v) is 7.95. The molecule has 3 N–H and O–H groups in total. The Morgan fingerprint density at radius 2 is 2.57 bits per heavy atom. The van der Waals surface area contributed by atoms with Crippen LogP contribution in [0.15, 0.2) is 6.20 Å². The van der Waals surface area contributed by atoms with Crippen molar-refractivity contribution in [2.24, 2.45) is 0 Å². The van der Waals surface area contributed by atoms with E-state index in [1.807, 2.05) is 6.92 Å². The molecule has 1 rings (SSSR count). The molecular formula is C9H12N4O. The van der Waals surface area contributed by atoms with Gasteiger partial charge in [-0.3, -0.25) is 9.89 Å². The summed E-state index contributed by atoms with van der Waals surface area (Å²) in [5.41, 5.74) is 5.88. The lowest BCUT2D eigenvalue weighted by Crippen LogP contribution is -2.31. The van der Waals surface area contributed by atoms with Gasteiger partial charge in [0.15, 0.2) is 0 Å². The normalized spacial score (nSPS) is 9.43. The average Bonchev–Trinajstić information content (AvgIpc) is 2.59. The molecule has 0 unspecified atom stereocenters. The molecule has 0 saturated heterocycles. The molecule has 0 bridgehead atoms. The molecule has 74 valence electrons. The van der Waals surface area contributed by atoms with Gasteiger partial charge in [0.1, 0.15) is 11.4 Å². The third-order valence-electron chi connectivity index (χ3n) is 1.85. The minimum absolute atomic E-state index is 0.197. The van der Waals surface area contributed by atoms with Crippen LogP contribution >= 0.6 is 0 Å². The third kappa shape index (κ3) is 1.85. The number of nitrogens with zero attached hydrogens (tertiary/aromatic N) is 2. The van der Waals surface area contributed by atoms with Crippen LogP contribution in [0, 0.1) is 12.3 Å². The predicted molar refractivity (Wildman–Crippen MR) is 53.4 cm³/mol. The van der Waals surface area contributed by atoms with Crippen molar-refractivity contribution in [2.45, 2.75) is 6.92 Å². The van der Waals surface area contributed by atoms with E-state index in [2.05, 4.69) is 16.1 Å². The Hall–Kier alpha value is -1.96. The van der Waals surface area contributed by atoms with Crippen molar-refractivity contribution >= 4 is 11.7 Å². The van der Waals surface area contributed by atoms with E-state index in [-0.39, 0.29) is 18.3 Å². The first-order valence-corrected chi connectivity index (χ1v) is 4.22. The van der Waals surface area contributed by atoms with Gasteiger partial charge in [0.2, 0.25) is 0 Å². The van der Waals surface area contributed by atoms with Gasteiger partial charge >= 0.3 is 0 Å². The van der Waals surface area contributed by atoms with Gasteiger partial charge in [-0.2, -0.15) is 5.10 Å². The standard InChI is InChI=1S/C9H12N4O/c1-3-5-13(4-2)9(14)7-6-11-12-8(7)10/h1,6H,4-5H2,2H3,(H3,10,11,12). The van der Waals surface area contributed by atoms with E-state index in [0.717, 1.165) is 0 Å². The van der Waals surface area contributed by atoms with Crippen LogP contribution in [-0.2, 0) is 0 Å². The first kappa shape index (κ1) is 10.1. The number of anilines is 1. The molecule has 1 heterocycles. The number of nitrogens with one attached hydrogen (secondary N) is 1. The number of rotatable bonds is 3. The molecule has 0 aliphatic rings. The summed E-state index contributed by atoms with van der Waals surface area (Å²) in [5, 5.41) is 6.17. The summed E-state index contributed by atoms with van der Waals surface area (Å²) in [5.74, 6) is 2.49. The molecular weight excluding hydrogens is 180 g/mol. The molecule has 0 radical (unpaired) electrons. The SMILES string of the molecule is C#CCN(CC)C(=O)c1cn[nH]c1N. The van der Waals surface area contributed by atoms with Crippen LogP contribution in [0.25, 0.3) is 0 Å². The highest BCUT2D eigenvalue weighted by Crippen LogP contribution is 2.09. The highest BCUT2D eigenvalue weighted by Gasteiger charge is 2.16. The number of hydrogen-bond acceptors (Lipinski definition) is 3. The minimum Gasteiger partial charge on any atom is -0.383 e. The van der Waals surface area contributed by atoms with Crippen molar-refractivity contribution < 1.29 is 4.79 Å². The van der Waals surface area contributed by atoms with Crippen LogP contribution < -0.4 is 5.73 Å². The second kappa shape index (κ2) is 4.33. The van der Waals surface area contributed by atoms with E-state index in [1.165, 1.54) is 11.1 Å². The lowest BCUT2D eigenvalue weighted by atomic mass is 10.3. The number of terminal acetylenes is 1. The van der Waals surface area contributed by atoms with Crippen molar-refractivity contribution in [1.82, 2.24) is 15.1 Å². The number of hydrogen-bond donors (Lipinski definition) is 2. The van der Waals surface area contributed by atoms with Gasteiger partial charge in [-0.25, -0.2) is 0 Å². The number of nitrogens with two attached hydrogens (primary N) is 1. The lowest BCUT2D eigenvalue weighted by Gasteiger charge is -2.16. The third-order valence-corrected chi connectivity index (χ3v) is 1.85. The monoisotopic (exact) mass is 192 g/mol. The number of aromatic amines is 1. The minimum atomic E-state index is -0.197. The molecule has 0 aliphatic carbocycles. The van der Waals surface area contributed by atoms with Crippen molar-refractivity contribution in [2.75, 3.05) is 18.8 Å². The van der Waals surface area contributed by atoms with E-state index in [0.29, 0.717) is 12.1 Å². The van der Waals surface area contributed by atoms with E-state index in [4.69, 9.17) is 12.2 Å². The smallest absolute Gasteiger partial charge is 0.259 e. The lowest BCUT2D eigenvalue weighted by molar-refractivity contribution is 0.0786. The van der Waals surface area contributed by atoms with Crippen LogP contribution in [0.1, 0.15) is 17.3 Å². The number of nitrogen functional groups attached to an aromatic ring is 1. The number of amides is 1. The van der Waals surface area contributed by atoms with Gasteiger partial charge in [0.25, 0.3) is 5.91 Å². The van der Waals surface area contributed by atoms with Gasteiger partial charge in [0, 0.05) is 6.54 Å². The molecule has 0 spiro atoms. The molecule has 14 heavy (non-hydrogen) atoms. The van der Waals surface area contributed by atoms with Gasteiger partial charge in [0.05, 0.1) is 12.7 Å². The summed E-state index contributed by atoms with van der Waals surface area (Å²) in [6.07, 6.45) is 6.54. The first-order valence-electron chi connectivity index (χ1n) is 4.22. The Morgan fingerprint density at radius 3 is 3.00 bits per heavy atom. The molecule has 0 fully saturated rings. The summed E-state index contributed by atoms with van der Waals surface area (Å²) >= 11 is 0. The Kier molecular flexibility index (Phi) is 3.13. The summed E-state index contributed by atoms with van der Waals surface area (Å²) in [4.78, 5) is 13.3. The van der Waals surface area contributed by atoms with E-state index >= 15 is 0 Å². The quantitative estimate of drug-likeness (QED) is 0.666. The Morgan fingerprint density at radius 1 is 1.86 bits per heavy atom. The molecule has 0 saturated carbocycles. The van der Waals surface area contributed by atoms with Gasteiger partial charge in [-0.15, -0.1) is 6.42 Å². The largest absolute Gasteiger partial charge is 0.383 e. The summed E-state index contributed by atoms with van der Waals surface area (Å²) in [6.45, 7) is 2.68. The van der Waals surface area contributed by atoms with E-state index in [9.17, 15) is 4.79 Å². The number of aromatic nitrogens is 2. The van der Waals surface area contributed by atoms with Gasteiger partial charge < -0.3 is 10.6 Å². The van der Waals surface area contributed by atoms with Crippen LogP contribution in [-0.4, -0.2) is 34.1 Å².